The van der Waals surface area contributed by atoms with Crippen molar-refractivity contribution in [3.05, 3.63) is 24.4 Å². The van der Waals surface area contributed by atoms with E-state index in [4.69, 9.17) is 0 Å². The first-order valence-corrected chi connectivity index (χ1v) is 8.59. The van der Waals surface area contributed by atoms with E-state index in [9.17, 15) is 14.4 Å². The molecule has 122 valence electrons. The van der Waals surface area contributed by atoms with Gasteiger partial charge in [-0.25, -0.2) is 9.78 Å². The van der Waals surface area contributed by atoms with Gasteiger partial charge in [-0.1, -0.05) is 37.1 Å². The van der Waals surface area contributed by atoms with Crippen LogP contribution in [0.5, 0.6) is 0 Å². The number of urea groups is 1. The second kappa shape index (κ2) is 6.57. The third-order valence-electron chi connectivity index (χ3n) is 4.09. The smallest absolute Gasteiger partial charge is 0.322 e. The van der Waals surface area contributed by atoms with Gasteiger partial charge in [0.05, 0.1) is 10.8 Å². The van der Waals surface area contributed by atoms with Crippen molar-refractivity contribution in [1.29, 1.82) is 0 Å². The molecule has 1 aromatic rings. The highest BCUT2D eigenvalue weighted by Crippen LogP contribution is 2.33. The number of hydrogen-bond donors (Lipinski definition) is 2. The van der Waals surface area contributed by atoms with Gasteiger partial charge in [0.2, 0.25) is 5.91 Å². The predicted molar refractivity (Wildman–Crippen MR) is 84.3 cm³/mol. The lowest BCUT2D eigenvalue weighted by Gasteiger charge is -2.30. The van der Waals surface area contributed by atoms with Crippen LogP contribution in [0.2, 0.25) is 0 Å². The fraction of sp³-hybridized carbons (Fsp3) is 0.467. The fourth-order valence-corrected chi connectivity index (χ4v) is 3.60. The van der Waals surface area contributed by atoms with Crippen LogP contribution in [-0.2, 0) is 9.59 Å². The summed E-state index contributed by atoms with van der Waals surface area (Å²) in [6.07, 6.45) is 5.79. The quantitative estimate of drug-likeness (QED) is 0.642. The van der Waals surface area contributed by atoms with Gasteiger partial charge in [-0.2, -0.15) is 5.01 Å². The molecule has 0 aromatic carbocycles. The molecule has 2 aliphatic rings. The van der Waals surface area contributed by atoms with Gasteiger partial charge in [-0.05, 0) is 25.0 Å². The minimum Gasteiger partial charge on any atom is -0.322 e. The lowest BCUT2D eigenvalue weighted by atomic mass is 9.82. The molecular weight excluding hydrogens is 316 g/mol. The molecule has 4 amide bonds. The number of carbonyl (C=O) groups is 3. The average Bonchev–Trinajstić information content (AvgIpc) is 2.79. The van der Waals surface area contributed by atoms with E-state index in [-0.39, 0.29) is 11.7 Å². The maximum absolute atomic E-state index is 12.5. The predicted octanol–water partition coefficient (Wildman–Crippen LogP) is 1.46. The molecule has 1 aromatic heterocycles. The number of pyridine rings is 1. The van der Waals surface area contributed by atoms with Crippen molar-refractivity contribution in [2.75, 3.05) is 5.75 Å². The zero-order valence-corrected chi connectivity index (χ0v) is 13.4. The van der Waals surface area contributed by atoms with Crippen molar-refractivity contribution >= 4 is 29.6 Å². The molecule has 0 atom stereocenters. The lowest BCUT2D eigenvalue weighted by Crippen LogP contribution is -2.51. The Morgan fingerprint density at radius 1 is 1.30 bits per heavy atom. The summed E-state index contributed by atoms with van der Waals surface area (Å²) in [4.78, 5) is 40.6. The largest absolute Gasteiger partial charge is 0.344 e. The monoisotopic (exact) mass is 334 g/mol. The van der Waals surface area contributed by atoms with E-state index in [2.05, 4.69) is 15.7 Å². The lowest BCUT2D eigenvalue weighted by molar-refractivity contribution is -0.139. The fourth-order valence-electron chi connectivity index (χ4n) is 2.94. The molecule has 1 saturated carbocycles. The molecule has 0 unspecified atom stereocenters. The van der Waals surface area contributed by atoms with Crippen molar-refractivity contribution in [3.8, 4) is 0 Å². The Hall–Kier alpha value is -2.09. The maximum atomic E-state index is 12.5. The van der Waals surface area contributed by atoms with E-state index >= 15 is 0 Å². The van der Waals surface area contributed by atoms with E-state index in [0.717, 1.165) is 24.3 Å². The van der Waals surface area contributed by atoms with Gasteiger partial charge >= 0.3 is 6.03 Å². The zero-order chi connectivity index (χ0) is 16.3. The highest BCUT2D eigenvalue weighted by Gasteiger charge is 2.52. The molecule has 23 heavy (non-hydrogen) atoms. The third-order valence-corrected chi connectivity index (χ3v) is 5.04. The summed E-state index contributed by atoms with van der Waals surface area (Å²) in [5.41, 5.74) is 1.58. The number of nitrogens with zero attached hydrogens (tertiary/aromatic N) is 2. The van der Waals surface area contributed by atoms with Gasteiger partial charge in [-0.3, -0.25) is 15.0 Å². The average molecular weight is 334 g/mol. The molecule has 7 nitrogen and oxygen atoms in total. The first kappa shape index (κ1) is 15.8. The van der Waals surface area contributed by atoms with Crippen molar-refractivity contribution in [3.63, 3.8) is 0 Å². The Balaban J connectivity index is 1.58. The first-order chi connectivity index (χ1) is 11.1. The molecule has 1 aliphatic heterocycles. The molecule has 1 saturated heterocycles. The first-order valence-electron chi connectivity index (χ1n) is 7.61. The van der Waals surface area contributed by atoms with Crippen LogP contribution in [0.15, 0.2) is 29.4 Å². The molecular formula is C15H18N4O3S. The molecule has 1 aliphatic carbocycles. The van der Waals surface area contributed by atoms with Gasteiger partial charge in [0.25, 0.3) is 5.91 Å². The van der Waals surface area contributed by atoms with Crippen LogP contribution in [0.1, 0.15) is 32.1 Å². The highest BCUT2D eigenvalue weighted by atomic mass is 32.2. The van der Waals surface area contributed by atoms with Crippen LogP contribution in [0.4, 0.5) is 4.79 Å². The molecule has 0 bridgehead atoms. The molecule has 2 N–H and O–H groups in total. The van der Waals surface area contributed by atoms with E-state index in [1.165, 1.54) is 11.8 Å². The molecule has 0 radical (unpaired) electrons. The Morgan fingerprint density at radius 3 is 2.78 bits per heavy atom. The number of nitrogens with one attached hydrogen (secondary N) is 2. The van der Waals surface area contributed by atoms with E-state index in [1.54, 1.807) is 18.3 Å². The molecule has 2 heterocycles. The van der Waals surface area contributed by atoms with Crippen molar-refractivity contribution in [2.45, 2.75) is 42.7 Å². The van der Waals surface area contributed by atoms with Crippen molar-refractivity contribution in [1.82, 2.24) is 20.7 Å². The number of amides is 4. The Labute approximate surface area is 138 Å². The SMILES string of the molecule is O=C(CSc1ccccn1)NN1C(=O)NC2(CCCCC2)C1=O. The number of carbonyl (C=O) groups excluding carboxylic acids is 3. The summed E-state index contributed by atoms with van der Waals surface area (Å²) in [5, 5.41) is 4.29. The Kier molecular flexibility index (Phi) is 4.51. The molecule has 8 heteroatoms. The Morgan fingerprint density at radius 2 is 2.09 bits per heavy atom. The zero-order valence-electron chi connectivity index (χ0n) is 12.6. The summed E-state index contributed by atoms with van der Waals surface area (Å²) >= 11 is 1.25. The van der Waals surface area contributed by atoms with E-state index in [1.807, 2.05) is 6.07 Å². The number of imide groups is 1. The third kappa shape index (κ3) is 3.31. The van der Waals surface area contributed by atoms with Crippen LogP contribution >= 0.6 is 11.8 Å². The summed E-state index contributed by atoms with van der Waals surface area (Å²) in [6, 6.07) is 4.87. The summed E-state index contributed by atoms with van der Waals surface area (Å²) < 4.78 is 0. The van der Waals surface area contributed by atoms with Crippen LogP contribution in [0, 0.1) is 0 Å². The number of thioether (sulfide) groups is 1. The minimum absolute atomic E-state index is 0.0844. The number of hydrogen-bond acceptors (Lipinski definition) is 5. The molecule has 1 spiro atoms. The standard InChI is InChI=1S/C15H18N4O3S/c20-11(10-23-12-6-2-5-9-16-12)18-19-13(21)15(17-14(19)22)7-3-1-4-8-15/h2,5-6,9H,1,3-4,7-8,10H2,(H,17,22)(H,18,20). The van der Waals surface area contributed by atoms with Gasteiger partial charge in [0, 0.05) is 6.20 Å². The van der Waals surface area contributed by atoms with Gasteiger partial charge in [-0.15, -0.1) is 0 Å². The van der Waals surface area contributed by atoms with E-state index in [0.29, 0.717) is 17.9 Å². The summed E-state index contributed by atoms with van der Waals surface area (Å²) in [5.74, 6) is -0.670. The second-order valence-electron chi connectivity index (χ2n) is 5.71. The molecule has 3 rings (SSSR count). The topological polar surface area (TPSA) is 91.4 Å². The summed E-state index contributed by atoms with van der Waals surface area (Å²) in [6.45, 7) is 0. The van der Waals surface area contributed by atoms with E-state index < -0.39 is 17.5 Å². The number of aromatic nitrogens is 1. The van der Waals surface area contributed by atoms with Crippen LogP contribution in [0.25, 0.3) is 0 Å². The van der Waals surface area contributed by atoms with Crippen LogP contribution in [-0.4, -0.2) is 39.1 Å². The van der Waals surface area contributed by atoms with Crippen LogP contribution < -0.4 is 10.7 Å². The van der Waals surface area contributed by atoms with Gasteiger partial charge < -0.3 is 5.32 Å². The number of hydrazine groups is 1. The Bertz CT molecular complexity index is 616. The van der Waals surface area contributed by atoms with Crippen LogP contribution in [0.3, 0.4) is 0 Å². The van der Waals surface area contributed by atoms with Gasteiger partial charge in [0.15, 0.2) is 0 Å². The second-order valence-corrected chi connectivity index (χ2v) is 6.70. The summed E-state index contributed by atoms with van der Waals surface area (Å²) in [7, 11) is 0. The van der Waals surface area contributed by atoms with Crippen molar-refractivity contribution in [2.24, 2.45) is 0 Å². The molecule has 2 fully saturated rings. The minimum atomic E-state index is -0.823. The maximum Gasteiger partial charge on any atom is 0.344 e. The van der Waals surface area contributed by atoms with Crippen molar-refractivity contribution < 1.29 is 14.4 Å². The van der Waals surface area contributed by atoms with Gasteiger partial charge in [0.1, 0.15) is 5.54 Å². The highest BCUT2D eigenvalue weighted by molar-refractivity contribution is 7.99. The normalized spacial score (nSPS) is 19.7. The number of rotatable bonds is 4.